The summed E-state index contributed by atoms with van der Waals surface area (Å²) in [6, 6.07) is 14.6. The Hall–Kier alpha value is -2.53. The average Bonchev–Trinajstić information content (AvgIpc) is 3.56. The van der Waals surface area contributed by atoms with Crippen LogP contribution in [0.2, 0.25) is 0 Å². The summed E-state index contributed by atoms with van der Waals surface area (Å²) < 4.78 is 35.8. The van der Waals surface area contributed by atoms with Gasteiger partial charge in [-0.15, -0.1) is 0 Å². The van der Waals surface area contributed by atoms with Crippen LogP contribution in [0.4, 0.5) is 5.13 Å². The molecule has 0 radical (unpaired) electrons. The zero-order chi connectivity index (χ0) is 27.7. The van der Waals surface area contributed by atoms with Gasteiger partial charge in [0, 0.05) is 39.0 Å². The molecule has 4 heterocycles. The molecule has 0 aliphatic carbocycles. The highest BCUT2D eigenvalue weighted by atomic mass is 32.2. The summed E-state index contributed by atoms with van der Waals surface area (Å²) in [4.78, 5) is 11.9. The van der Waals surface area contributed by atoms with Gasteiger partial charge in [0.25, 0.3) is 5.19 Å². The first kappa shape index (κ1) is 27.6. The Kier molecular flexibility index (Phi) is 8.12. The highest BCUT2D eigenvalue weighted by Gasteiger charge is 2.26. The van der Waals surface area contributed by atoms with Crippen molar-refractivity contribution in [2.75, 3.05) is 36.8 Å². The van der Waals surface area contributed by atoms with E-state index in [9.17, 15) is 8.42 Å². The van der Waals surface area contributed by atoms with Crippen LogP contribution in [-0.2, 0) is 10.0 Å². The topological polar surface area (TPSA) is 75.6 Å². The van der Waals surface area contributed by atoms with Gasteiger partial charge >= 0.3 is 0 Å². The normalized spacial score (nSPS) is 17.7. The number of para-hydroxylation sites is 1. The Morgan fingerprint density at radius 1 is 1.00 bits per heavy atom. The first-order valence-corrected chi connectivity index (χ1v) is 17.4. The average molecular weight is 597 g/mol. The van der Waals surface area contributed by atoms with Crippen LogP contribution >= 0.6 is 22.7 Å². The number of nitrogens with zero attached hydrogens (tertiary/aromatic N) is 4. The van der Waals surface area contributed by atoms with Crippen molar-refractivity contribution in [2.45, 2.75) is 52.1 Å². The van der Waals surface area contributed by atoms with E-state index < -0.39 is 10.0 Å². The molecule has 10 heteroatoms. The van der Waals surface area contributed by atoms with E-state index in [1.807, 2.05) is 6.07 Å². The molecule has 0 atom stereocenters. The largest absolute Gasteiger partial charge is 0.467 e. The van der Waals surface area contributed by atoms with Crippen LogP contribution in [0.1, 0.15) is 51.5 Å². The Labute approximate surface area is 244 Å². The molecular weight excluding hydrogens is 561 g/mol. The first-order valence-electron chi connectivity index (χ1n) is 14.2. The van der Waals surface area contributed by atoms with Crippen molar-refractivity contribution < 1.29 is 13.2 Å². The number of hydrogen-bond donors (Lipinski definition) is 0. The molecule has 212 valence electrons. The Morgan fingerprint density at radius 2 is 1.80 bits per heavy atom. The van der Waals surface area contributed by atoms with E-state index in [2.05, 4.69) is 61.2 Å². The number of piperidine rings is 1. The summed E-state index contributed by atoms with van der Waals surface area (Å²) in [5, 5.41) is 1.82. The molecule has 2 aliphatic rings. The van der Waals surface area contributed by atoms with Crippen molar-refractivity contribution in [1.29, 1.82) is 0 Å². The van der Waals surface area contributed by atoms with E-state index in [0.29, 0.717) is 19.0 Å². The maximum Gasteiger partial charge on any atom is 0.274 e. The summed E-state index contributed by atoms with van der Waals surface area (Å²) in [6.45, 7) is 7.11. The van der Waals surface area contributed by atoms with Crippen molar-refractivity contribution in [3.63, 3.8) is 0 Å². The van der Waals surface area contributed by atoms with Crippen LogP contribution in [-0.4, -0.2) is 60.7 Å². The lowest BCUT2D eigenvalue weighted by molar-refractivity contribution is 0.170. The fourth-order valence-corrected chi connectivity index (χ4v) is 8.82. The zero-order valence-corrected chi connectivity index (χ0v) is 25.5. The van der Waals surface area contributed by atoms with Gasteiger partial charge in [-0.05, 0) is 60.6 Å². The third-order valence-corrected chi connectivity index (χ3v) is 11.7. The number of ether oxygens (including phenoxy) is 1. The highest BCUT2D eigenvalue weighted by Crippen LogP contribution is 2.35. The van der Waals surface area contributed by atoms with Gasteiger partial charge in [-0.3, -0.25) is 0 Å². The van der Waals surface area contributed by atoms with Crippen molar-refractivity contribution in [3.05, 3.63) is 54.1 Å². The molecule has 0 amide bonds. The van der Waals surface area contributed by atoms with E-state index in [1.54, 1.807) is 27.0 Å². The Balaban J connectivity index is 1.05. The van der Waals surface area contributed by atoms with Crippen molar-refractivity contribution >= 4 is 63.8 Å². The number of anilines is 1. The predicted octanol–water partition coefficient (Wildman–Crippen LogP) is 6.81. The number of rotatable bonds is 9. The predicted molar refractivity (Wildman–Crippen MR) is 167 cm³/mol. The number of aromatic nitrogens is 2. The molecule has 2 aromatic heterocycles. The highest BCUT2D eigenvalue weighted by molar-refractivity contribution is 7.89. The van der Waals surface area contributed by atoms with Crippen LogP contribution in [0.25, 0.3) is 26.0 Å². The van der Waals surface area contributed by atoms with Gasteiger partial charge in [-0.2, -0.15) is 4.31 Å². The molecule has 0 spiro atoms. The van der Waals surface area contributed by atoms with Gasteiger partial charge < -0.3 is 9.64 Å². The maximum atomic E-state index is 12.7. The smallest absolute Gasteiger partial charge is 0.274 e. The second-order valence-electron chi connectivity index (χ2n) is 11.1. The van der Waals surface area contributed by atoms with E-state index in [4.69, 9.17) is 14.7 Å². The standard InChI is InChI=1S/C30H36N4O3S3/c1-21(2)6-5-19-40(35,36)34-17-11-22(12-18-34)23-9-10-26-28(20-23)39-30(32-26)37-24-13-15-33(16-14-24)29-31-25-7-3-4-8-27(25)38-29/h3-4,7-11,20-21,24H,5-6,12-19H2,1-2H3. The monoisotopic (exact) mass is 596 g/mol. The molecule has 6 rings (SSSR count). The molecule has 0 bridgehead atoms. The van der Waals surface area contributed by atoms with Gasteiger partial charge in [0.2, 0.25) is 10.0 Å². The lowest BCUT2D eigenvalue weighted by Crippen LogP contribution is -2.38. The number of hydrogen-bond acceptors (Lipinski definition) is 8. The molecule has 0 unspecified atom stereocenters. The summed E-state index contributed by atoms with van der Waals surface area (Å²) in [7, 11) is -3.20. The van der Waals surface area contributed by atoms with Gasteiger partial charge in [0.15, 0.2) is 5.13 Å². The van der Waals surface area contributed by atoms with Crippen LogP contribution in [0.3, 0.4) is 0 Å². The second kappa shape index (κ2) is 11.8. The molecular formula is C30H36N4O3S3. The van der Waals surface area contributed by atoms with Gasteiger partial charge in [-0.1, -0.05) is 60.8 Å². The van der Waals surface area contributed by atoms with Crippen LogP contribution in [0.15, 0.2) is 48.5 Å². The molecule has 2 aromatic carbocycles. The summed E-state index contributed by atoms with van der Waals surface area (Å²) >= 11 is 3.35. The van der Waals surface area contributed by atoms with Crippen molar-refractivity contribution in [3.8, 4) is 5.19 Å². The lowest BCUT2D eigenvalue weighted by Gasteiger charge is -2.31. The van der Waals surface area contributed by atoms with Crippen molar-refractivity contribution in [2.24, 2.45) is 5.92 Å². The molecule has 2 aliphatic heterocycles. The molecule has 1 fully saturated rings. The molecule has 7 nitrogen and oxygen atoms in total. The Morgan fingerprint density at radius 3 is 2.55 bits per heavy atom. The Bertz CT molecular complexity index is 1580. The third kappa shape index (κ3) is 6.20. The van der Waals surface area contributed by atoms with Crippen LogP contribution in [0.5, 0.6) is 5.19 Å². The molecule has 0 N–H and O–H groups in total. The summed E-state index contributed by atoms with van der Waals surface area (Å²) in [6.07, 6.45) is 6.51. The second-order valence-corrected chi connectivity index (χ2v) is 15.2. The van der Waals surface area contributed by atoms with Gasteiger partial charge in [-0.25, -0.2) is 18.4 Å². The minimum atomic E-state index is -3.20. The molecule has 40 heavy (non-hydrogen) atoms. The zero-order valence-electron chi connectivity index (χ0n) is 23.1. The van der Waals surface area contributed by atoms with Gasteiger partial charge in [0.1, 0.15) is 6.10 Å². The first-order chi connectivity index (χ1) is 19.3. The van der Waals surface area contributed by atoms with E-state index in [1.165, 1.54) is 10.3 Å². The fraction of sp³-hybridized carbons (Fsp3) is 0.467. The summed E-state index contributed by atoms with van der Waals surface area (Å²) in [5.41, 5.74) is 4.36. The number of sulfonamides is 1. The fourth-order valence-electron chi connectivity index (χ4n) is 5.42. The summed E-state index contributed by atoms with van der Waals surface area (Å²) in [5.74, 6) is 0.768. The van der Waals surface area contributed by atoms with Crippen molar-refractivity contribution in [1.82, 2.24) is 14.3 Å². The molecule has 4 aromatic rings. The third-order valence-electron chi connectivity index (χ3n) is 7.75. The van der Waals surface area contributed by atoms with E-state index in [-0.39, 0.29) is 11.9 Å². The minimum Gasteiger partial charge on any atom is -0.467 e. The number of benzene rings is 2. The van der Waals surface area contributed by atoms with E-state index in [0.717, 1.165) is 76.8 Å². The minimum absolute atomic E-state index is 0.153. The maximum absolute atomic E-state index is 12.7. The molecule has 1 saturated heterocycles. The number of fused-ring (bicyclic) bond motifs is 2. The van der Waals surface area contributed by atoms with Crippen LogP contribution in [0, 0.1) is 5.92 Å². The number of thiazole rings is 2. The van der Waals surface area contributed by atoms with Crippen LogP contribution < -0.4 is 9.64 Å². The van der Waals surface area contributed by atoms with Gasteiger partial charge in [0.05, 0.1) is 26.2 Å². The lowest BCUT2D eigenvalue weighted by atomic mass is 10.0. The quantitative estimate of drug-likeness (QED) is 0.211. The molecule has 0 saturated carbocycles. The SMILES string of the molecule is CC(C)CCCS(=O)(=O)N1CC=C(c2ccc3nc(OC4CCN(c5nc6ccccc6s5)CC4)sc3c2)CC1. The van der Waals surface area contributed by atoms with E-state index >= 15 is 0 Å².